The Morgan fingerprint density at radius 1 is 0.253 bits per heavy atom. The lowest BCUT2D eigenvalue weighted by Crippen LogP contribution is -2.30. The van der Waals surface area contributed by atoms with Gasteiger partial charge in [0.2, 0.25) is 0 Å². The third-order valence-electron chi connectivity index (χ3n) is 16.2. The van der Waals surface area contributed by atoms with E-state index in [2.05, 4.69) is 93.7 Å². The van der Waals surface area contributed by atoms with Crippen LogP contribution in [0.3, 0.4) is 0 Å². The molecule has 0 aromatic rings. The Bertz CT molecular complexity index is 1520. The summed E-state index contributed by atoms with van der Waals surface area (Å²) in [5.41, 5.74) is 0. The molecule has 0 aliphatic carbocycles. The van der Waals surface area contributed by atoms with Crippen LogP contribution in [0.25, 0.3) is 0 Å². The van der Waals surface area contributed by atoms with Crippen LogP contribution in [0.2, 0.25) is 0 Å². The average molecular weight is 1160 g/mol. The van der Waals surface area contributed by atoms with E-state index < -0.39 is 6.10 Å². The molecule has 83 heavy (non-hydrogen) atoms. The Morgan fingerprint density at radius 3 is 0.747 bits per heavy atom. The summed E-state index contributed by atoms with van der Waals surface area (Å²) in [4.78, 5) is 38.5. The Kier molecular flexibility index (Phi) is 68.6. The fourth-order valence-corrected chi connectivity index (χ4v) is 10.8. The first kappa shape index (κ1) is 79.8. The van der Waals surface area contributed by atoms with Gasteiger partial charge < -0.3 is 14.2 Å². The lowest BCUT2D eigenvalue weighted by atomic mass is 10.0. The second-order valence-corrected chi connectivity index (χ2v) is 24.5. The summed E-state index contributed by atoms with van der Waals surface area (Å²) in [5.74, 6) is -0.869. The molecule has 6 nitrogen and oxygen atoms in total. The summed E-state index contributed by atoms with van der Waals surface area (Å²) in [6, 6.07) is 0. The van der Waals surface area contributed by atoms with Gasteiger partial charge in [-0.1, -0.05) is 344 Å². The van der Waals surface area contributed by atoms with E-state index in [1.807, 2.05) is 0 Å². The Morgan fingerprint density at radius 2 is 0.470 bits per heavy atom. The van der Waals surface area contributed by atoms with Crippen molar-refractivity contribution in [3.63, 3.8) is 0 Å². The SMILES string of the molecule is CC/C=C\C/C=C\C/C=C\C/C=C\C/C=C\CCCCCCCCCCCC(=O)OC(COC(=O)CCCCCCC/C=C\CCCCCCC)COC(=O)CCCCCCCCCCCCCCCCCCCCCCCCCCCC. The molecule has 0 amide bonds. The van der Waals surface area contributed by atoms with E-state index in [1.54, 1.807) is 0 Å². The number of rotatable bonds is 67. The van der Waals surface area contributed by atoms with E-state index in [1.165, 1.54) is 238 Å². The van der Waals surface area contributed by atoms with Crippen molar-refractivity contribution in [2.24, 2.45) is 0 Å². The number of unbranched alkanes of at least 4 members (excludes halogenated alkanes) is 44. The summed E-state index contributed by atoms with van der Waals surface area (Å²) < 4.78 is 17.0. The normalized spacial score (nSPS) is 12.5. The van der Waals surface area contributed by atoms with E-state index in [-0.39, 0.29) is 31.1 Å². The predicted molar refractivity (Wildman–Crippen MR) is 362 cm³/mol. The molecule has 0 aliphatic rings. The summed E-state index contributed by atoms with van der Waals surface area (Å²) in [7, 11) is 0. The van der Waals surface area contributed by atoms with Crippen molar-refractivity contribution in [1.29, 1.82) is 0 Å². The minimum Gasteiger partial charge on any atom is -0.462 e. The number of allylic oxidation sites excluding steroid dienone is 12. The molecule has 0 N–H and O–H groups in total. The number of carbonyl (C=O) groups excluding carboxylic acids is 3. The zero-order valence-corrected chi connectivity index (χ0v) is 55.5. The van der Waals surface area contributed by atoms with Crippen LogP contribution in [-0.2, 0) is 28.6 Å². The van der Waals surface area contributed by atoms with Gasteiger partial charge in [0, 0.05) is 19.3 Å². The van der Waals surface area contributed by atoms with Crippen molar-refractivity contribution >= 4 is 17.9 Å². The third kappa shape index (κ3) is 69.5. The van der Waals surface area contributed by atoms with Gasteiger partial charge in [-0.05, 0) is 89.9 Å². The van der Waals surface area contributed by atoms with Crippen LogP contribution < -0.4 is 0 Å². The highest BCUT2D eigenvalue weighted by molar-refractivity contribution is 5.71. The highest BCUT2D eigenvalue weighted by atomic mass is 16.6. The minimum atomic E-state index is -0.783. The van der Waals surface area contributed by atoms with Crippen molar-refractivity contribution in [2.75, 3.05) is 13.2 Å². The molecule has 482 valence electrons. The molecule has 0 spiro atoms. The summed E-state index contributed by atoms with van der Waals surface area (Å²) in [6.45, 7) is 6.57. The van der Waals surface area contributed by atoms with Gasteiger partial charge in [-0.2, -0.15) is 0 Å². The summed E-state index contributed by atoms with van der Waals surface area (Å²) in [5, 5.41) is 0. The van der Waals surface area contributed by atoms with Crippen LogP contribution in [0.15, 0.2) is 72.9 Å². The van der Waals surface area contributed by atoms with E-state index in [0.29, 0.717) is 19.3 Å². The van der Waals surface area contributed by atoms with Crippen molar-refractivity contribution in [2.45, 2.75) is 386 Å². The van der Waals surface area contributed by atoms with E-state index in [4.69, 9.17) is 14.2 Å². The molecular weight excluding hydrogens is 1020 g/mol. The van der Waals surface area contributed by atoms with Gasteiger partial charge >= 0.3 is 17.9 Å². The molecule has 1 atom stereocenters. The van der Waals surface area contributed by atoms with Crippen LogP contribution in [0.5, 0.6) is 0 Å². The number of esters is 3. The lowest BCUT2D eigenvalue weighted by Gasteiger charge is -2.18. The van der Waals surface area contributed by atoms with Gasteiger partial charge in [-0.25, -0.2) is 0 Å². The largest absolute Gasteiger partial charge is 0.462 e. The van der Waals surface area contributed by atoms with Gasteiger partial charge in [-0.15, -0.1) is 0 Å². The maximum atomic E-state index is 13.0. The molecule has 0 saturated heterocycles. The topological polar surface area (TPSA) is 78.9 Å². The highest BCUT2D eigenvalue weighted by Gasteiger charge is 2.19. The van der Waals surface area contributed by atoms with Crippen LogP contribution in [-0.4, -0.2) is 37.2 Å². The smallest absolute Gasteiger partial charge is 0.306 e. The molecule has 0 bridgehead atoms. The Hall–Kier alpha value is -3.15. The fourth-order valence-electron chi connectivity index (χ4n) is 10.8. The van der Waals surface area contributed by atoms with Crippen LogP contribution in [0.1, 0.15) is 380 Å². The quantitative estimate of drug-likeness (QED) is 0.0261. The monoisotopic (exact) mass is 1160 g/mol. The maximum Gasteiger partial charge on any atom is 0.306 e. The molecule has 0 rings (SSSR count). The zero-order valence-electron chi connectivity index (χ0n) is 55.5. The zero-order chi connectivity index (χ0) is 59.9. The molecule has 0 radical (unpaired) electrons. The number of hydrogen-bond acceptors (Lipinski definition) is 6. The lowest BCUT2D eigenvalue weighted by molar-refractivity contribution is -0.167. The minimum absolute atomic E-state index is 0.0764. The third-order valence-corrected chi connectivity index (χ3v) is 16.2. The van der Waals surface area contributed by atoms with Gasteiger partial charge in [0.25, 0.3) is 0 Å². The molecular formula is C77H138O6. The number of carbonyl (C=O) groups is 3. The first-order chi connectivity index (χ1) is 41.0. The van der Waals surface area contributed by atoms with E-state index in [9.17, 15) is 14.4 Å². The molecule has 0 aliphatic heterocycles. The van der Waals surface area contributed by atoms with Crippen molar-refractivity contribution < 1.29 is 28.6 Å². The second-order valence-electron chi connectivity index (χ2n) is 24.5. The van der Waals surface area contributed by atoms with Crippen LogP contribution in [0.4, 0.5) is 0 Å². The van der Waals surface area contributed by atoms with Crippen LogP contribution in [0, 0.1) is 0 Å². The van der Waals surface area contributed by atoms with Crippen molar-refractivity contribution in [3.8, 4) is 0 Å². The van der Waals surface area contributed by atoms with E-state index in [0.717, 1.165) is 103 Å². The van der Waals surface area contributed by atoms with Crippen molar-refractivity contribution in [1.82, 2.24) is 0 Å². The molecule has 0 saturated carbocycles. The summed E-state index contributed by atoms with van der Waals surface area (Å²) in [6.07, 6.45) is 93.7. The van der Waals surface area contributed by atoms with Crippen molar-refractivity contribution in [3.05, 3.63) is 72.9 Å². The highest BCUT2D eigenvalue weighted by Crippen LogP contribution is 2.18. The molecule has 0 fully saturated rings. The molecule has 0 aromatic heterocycles. The first-order valence-electron chi connectivity index (χ1n) is 36.4. The van der Waals surface area contributed by atoms with Crippen LogP contribution >= 0.6 is 0 Å². The predicted octanol–water partition coefficient (Wildman–Crippen LogP) is 25.2. The van der Waals surface area contributed by atoms with Gasteiger partial charge in [0.05, 0.1) is 0 Å². The van der Waals surface area contributed by atoms with Gasteiger partial charge in [0.15, 0.2) is 6.10 Å². The number of ether oxygens (including phenoxy) is 3. The molecule has 0 aromatic carbocycles. The first-order valence-corrected chi connectivity index (χ1v) is 36.4. The summed E-state index contributed by atoms with van der Waals surface area (Å²) >= 11 is 0. The molecule has 6 heteroatoms. The fraction of sp³-hybridized carbons (Fsp3) is 0.805. The molecule has 0 heterocycles. The second kappa shape index (κ2) is 71.3. The standard InChI is InChI=1S/C77H138O6/c1-4-7-10-13-16-19-22-25-28-30-32-34-36-38-40-41-43-45-47-49-52-55-58-61-64-67-70-76(79)82-73-74(72-81-75(78)69-66-63-60-57-54-51-27-24-21-18-15-12-9-6-3)83-77(80)71-68-65-62-59-56-53-50-48-46-44-42-39-37-35-33-31-29-26-23-20-17-14-11-8-5-2/h8,11,17,20,24,26-27,29,33,35,39,42,74H,4-7,9-10,12-16,18-19,21-23,25,28,30-32,34,36-38,40-41,43-73H2,1-3H3/b11-8-,20-17-,27-24-,29-26-,35-33-,42-39-. The Balaban J connectivity index is 4.27. The van der Waals surface area contributed by atoms with Gasteiger partial charge in [0.1, 0.15) is 13.2 Å². The molecule has 1 unspecified atom stereocenters. The van der Waals surface area contributed by atoms with E-state index >= 15 is 0 Å². The average Bonchev–Trinajstić information content (AvgIpc) is 3.49. The number of hydrogen-bond donors (Lipinski definition) is 0. The van der Waals surface area contributed by atoms with Gasteiger partial charge in [-0.3, -0.25) is 14.4 Å². The maximum absolute atomic E-state index is 13.0. The Labute approximate surface area is 516 Å².